The van der Waals surface area contributed by atoms with Gasteiger partial charge < -0.3 is 5.32 Å². The normalized spacial score (nSPS) is 11.5. The van der Waals surface area contributed by atoms with Crippen LogP contribution in [0.5, 0.6) is 0 Å². The highest BCUT2D eigenvalue weighted by molar-refractivity contribution is 7.89. The Bertz CT molecular complexity index is 846. The minimum atomic E-state index is -3.70. The van der Waals surface area contributed by atoms with Crippen LogP contribution in [0.2, 0.25) is 0 Å². The van der Waals surface area contributed by atoms with E-state index >= 15 is 0 Å². The number of carbonyl (C=O) groups excluding carboxylic acids is 1. The number of likely N-dealkylation sites (N-methyl/N-ethyl adjacent to an activating group) is 1. The molecule has 0 unspecified atom stereocenters. The Labute approximate surface area is 156 Å². The van der Waals surface area contributed by atoms with E-state index in [9.17, 15) is 13.2 Å². The maximum atomic E-state index is 12.7. The molecule has 0 bridgehead atoms. The standard InChI is InChI=1S/C20H26N2O3S/c1-4-8-16-11-13-18(14-12-16)26(24,25)22(3)15-20(23)21-19-10-7-6-9-17(19)5-2/h6-7,9-14H,4-5,8,15H2,1-3H3,(H,21,23). The third kappa shape index (κ3) is 4.93. The Morgan fingerprint density at radius 3 is 2.31 bits per heavy atom. The van der Waals surface area contributed by atoms with Gasteiger partial charge in [0, 0.05) is 12.7 Å². The van der Waals surface area contributed by atoms with E-state index in [1.54, 1.807) is 12.1 Å². The third-order valence-electron chi connectivity index (χ3n) is 4.21. The van der Waals surface area contributed by atoms with Crippen LogP contribution in [0.25, 0.3) is 0 Å². The summed E-state index contributed by atoms with van der Waals surface area (Å²) in [6, 6.07) is 14.3. The van der Waals surface area contributed by atoms with E-state index in [4.69, 9.17) is 0 Å². The average molecular weight is 375 g/mol. The van der Waals surface area contributed by atoms with Crippen molar-refractivity contribution in [3.05, 3.63) is 59.7 Å². The third-order valence-corrected chi connectivity index (χ3v) is 6.03. The molecule has 2 rings (SSSR count). The minimum absolute atomic E-state index is 0.196. The van der Waals surface area contributed by atoms with Gasteiger partial charge in [0.25, 0.3) is 0 Å². The van der Waals surface area contributed by atoms with Gasteiger partial charge in [-0.25, -0.2) is 8.42 Å². The molecule has 0 aliphatic rings. The molecule has 1 amide bonds. The zero-order valence-electron chi connectivity index (χ0n) is 15.5. The maximum absolute atomic E-state index is 12.7. The number of aryl methyl sites for hydroxylation is 2. The molecule has 0 radical (unpaired) electrons. The average Bonchev–Trinajstić information content (AvgIpc) is 2.62. The number of carbonyl (C=O) groups is 1. The van der Waals surface area contributed by atoms with Crippen LogP contribution in [0.3, 0.4) is 0 Å². The Morgan fingerprint density at radius 1 is 1.04 bits per heavy atom. The molecular formula is C20H26N2O3S. The molecule has 2 aromatic carbocycles. The Balaban J connectivity index is 2.07. The number of anilines is 1. The SMILES string of the molecule is CCCc1ccc(S(=O)(=O)N(C)CC(=O)Nc2ccccc2CC)cc1. The Kier molecular flexibility index (Phi) is 6.94. The predicted octanol–water partition coefficient (Wildman–Crippen LogP) is 3.46. The lowest BCUT2D eigenvalue weighted by atomic mass is 10.1. The van der Waals surface area contributed by atoms with Crippen molar-refractivity contribution in [2.24, 2.45) is 0 Å². The summed E-state index contributed by atoms with van der Waals surface area (Å²) >= 11 is 0. The van der Waals surface area contributed by atoms with Crippen LogP contribution in [-0.4, -0.2) is 32.2 Å². The Hall–Kier alpha value is -2.18. The number of amides is 1. The van der Waals surface area contributed by atoms with Gasteiger partial charge in [0.1, 0.15) is 0 Å². The molecule has 0 aliphatic carbocycles. The van der Waals surface area contributed by atoms with Gasteiger partial charge in [-0.2, -0.15) is 4.31 Å². The smallest absolute Gasteiger partial charge is 0.243 e. The van der Waals surface area contributed by atoms with Gasteiger partial charge in [-0.3, -0.25) is 4.79 Å². The van der Waals surface area contributed by atoms with Crippen molar-refractivity contribution in [2.75, 3.05) is 18.9 Å². The molecule has 0 aliphatic heterocycles. The van der Waals surface area contributed by atoms with Crippen LogP contribution < -0.4 is 5.32 Å². The lowest BCUT2D eigenvalue weighted by Crippen LogP contribution is -2.35. The van der Waals surface area contributed by atoms with Crippen molar-refractivity contribution >= 4 is 21.6 Å². The molecule has 0 fully saturated rings. The summed E-state index contributed by atoms with van der Waals surface area (Å²) in [5.74, 6) is -0.362. The zero-order chi connectivity index (χ0) is 19.2. The molecular weight excluding hydrogens is 348 g/mol. The number of hydrogen-bond acceptors (Lipinski definition) is 3. The van der Waals surface area contributed by atoms with E-state index in [0.29, 0.717) is 0 Å². The fourth-order valence-corrected chi connectivity index (χ4v) is 3.85. The maximum Gasteiger partial charge on any atom is 0.243 e. The van der Waals surface area contributed by atoms with Crippen molar-refractivity contribution < 1.29 is 13.2 Å². The van der Waals surface area contributed by atoms with E-state index < -0.39 is 10.0 Å². The monoisotopic (exact) mass is 374 g/mol. The summed E-state index contributed by atoms with van der Waals surface area (Å²) < 4.78 is 26.4. The van der Waals surface area contributed by atoms with Gasteiger partial charge in [0.15, 0.2) is 0 Å². The van der Waals surface area contributed by atoms with Gasteiger partial charge >= 0.3 is 0 Å². The first-order chi connectivity index (χ1) is 12.4. The van der Waals surface area contributed by atoms with Crippen molar-refractivity contribution in [3.8, 4) is 0 Å². The fraction of sp³-hybridized carbons (Fsp3) is 0.350. The second-order valence-corrected chi connectivity index (χ2v) is 8.26. The molecule has 0 heterocycles. The number of benzene rings is 2. The van der Waals surface area contributed by atoms with Crippen LogP contribution in [0, 0.1) is 0 Å². The molecule has 6 heteroatoms. The van der Waals surface area contributed by atoms with E-state index in [0.717, 1.165) is 40.4 Å². The topological polar surface area (TPSA) is 66.5 Å². The summed E-state index contributed by atoms with van der Waals surface area (Å²) in [5.41, 5.74) is 2.83. The molecule has 140 valence electrons. The molecule has 5 nitrogen and oxygen atoms in total. The molecule has 0 saturated carbocycles. The molecule has 26 heavy (non-hydrogen) atoms. The number of nitrogens with one attached hydrogen (secondary N) is 1. The number of sulfonamides is 1. The number of para-hydroxylation sites is 1. The molecule has 0 saturated heterocycles. The van der Waals surface area contributed by atoms with Crippen LogP contribution in [0.4, 0.5) is 5.69 Å². The minimum Gasteiger partial charge on any atom is -0.325 e. The first-order valence-corrected chi connectivity index (χ1v) is 10.3. The van der Waals surface area contributed by atoms with Crippen molar-refractivity contribution in [3.63, 3.8) is 0 Å². The summed E-state index contributed by atoms with van der Waals surface area (Å²) in [6.45, 7) is 3.84. The predicted molar refractivity (Wildman–Crippen MR) is 105 cm³/mol. The van der Waals surface area contributed by atoms with Crippen LogP contribution in [-0.2, 0) is 27.7 Å². The molecule has 0 spiro atoms. The molecule has 1 N–H and O–H groups in total. The second kappa shape index (κ2) is 8.96. The number of hydrogen-bond donors (Lipinski definition) is 1. The highest BCUT2D eigenvalue weighted by Gasteiger charge is 2.23. The lowest BCUT2D eigenvalue weighted by Gasteiger charge is -2.18. The number of nitrogens with zero attached hydrogens (tertiary/aromatic N) is 1. The van der Waals surface area contributed by atoms with Gasteiger partial charge in [0.2, 0.25) is 15.9 Å². The molecule has 2 aromatic rings. The second-order valence-electron chi connectivity index (χ2n) is 6.21. The van der Waals surface area contributed by atoms with Crippen LogP contribution in [0.1, 0.15) is 31.4 Å². The van der Waals surface area contributed by atoms with Gasteiger partial charge in [-0.05, 0) is 42.2 Å². The highest BCUT2D eigenvalue weighted by atomic mass is 32.2. The molecule has 0 atom stereocenters. The summed E-state index contributed by atoms with van der Waals surface area (Å²) in [4.78, 5) is 12.5. The summed E-state index contributed by atoms with van der Waals surface area (Å²) in [7, 11) is -2.28. The van der Waals surface area contributed by atoms with Crippen LogP contribution >= 0.6 is 0 Å². The fourth-order valence-electron chi connectivity index (χ4n) is 2.72. The van der Waals surface area contributed by atoms with E-state index in [2.05, 4.69) is 12.2 Å². The van der Waals surface area contributed by atoms with Gasteiger partial charge in [-0.1, -0.05) is 50.6 Å². The largest absolute Gasteiger partial charge is 0.325 e. The van der Waals surface area contributed by atoms with E-state index in [1.165, 1.54) is 7.05 Å². The highest BCUT2D eigenvalue weighted by Crippen LogP contribution is 2.18. The quantitative estimate of drug-likeness (QED) is 0.769. The Morgan fingerprint density at radius 2 is 1.69 bits per heavy atom. The van der Waals surface area contributed by atoms with Gasteiger partial charge in [0.05, 0.1) is 11.4 Å². The van der Waals surface area contributed by atoms with E-state index in [1.807, 2.05) is 43.3 Å². The van der Waals surface area contributed by atoms with E-state index in [-0.39, 0.29) is 17.3 Å². The summed E-state index contributed by atoms with van der Waals surface area (Å²) in [5, 5.41) is 2.80. The lowest BCUT2D eigenvalue weighted by molar-refractivity contribution is -0.116. The van der Waals surface area contributed by atoms with Crippen LogP contribution in [0.15, 0.2) is 53.4 Å². The zero-order valence-corrected chi connectivity index (χ0v) is 16.3. The van der Waals surface area contributed by atoms with Crippen molar-refractivity contribution in [2.45, 2.75) is 38.0 Å². The first kappa shape index (κ1) is 20.1. The molecule has 0 aromatic heterocycles. The van der Waals surface area contributed by atoms with Gasteiger partial charge in [-0.15, -0.1) is 0 Å². The number of rotatable bonds is 8. The van der Waals surface area contributed by atoms with Crippen molar-refractivity contribution in [1.82, 2.24) is 4.31 Å². The van der Waals surface area contributed by atoms with Crippen molar-refractivity contribution in [1.29, 1.82) is 0 Å². The first-order valence-electron chi connectivity index (χ1n) is 8.81. The summed E-state index contributed by atoms with van der Waals surface area (Å²) in [6.07, 6.45) is 2.70.